The summed E-state index contributed by atoms with van der Waals surface area (Å²) in [6, 6.07) is 10.5. The van der Waals surface area contributed by atoms with Gasteiger partial charge in [-0.25, -0.2) is 4.98 Å². The Kier molecular flexibility index (Phi) is 4.28. The largest absolute Gasteiger partial charge is 0.330 e. The van der Waals surface area contributed by atoms with Crippen molar-refractivity contribution in [3.8, 4) is 0 Å². The summed E-state index contributed by atoms with van der Waals surface area (Å²) in [7, 11) is 1.83. The predicted molar refractivity (Wildman–Crippen MR) is 96.5 cm³/mol. The van der Waals surface area contributed by atoms with Gasteiger partial charge in [-0.2, -0.15) is 0 Å². The highest BCUT2D eigenvalue weighted by molar-refractivity contribution is 5.92. The smallest absolute Gasteiger partial charge is 0.272 e. The van der Waals surface area contributed by atoms with Crippen LogP contribution >= 0.6 is 0 Å². The van der Waals surface area contributed by atoms with E-state index in [0.717, 1.165) is 24.5 Å². The normalized spacial score (nSPS) is 16.5. The molecular formula is C19H22N6O. The minimum Gasteiger partial charge on any atom is -0.330 e. The second kappa shape index (κ2) is 6.74. The molecule has 0 radical (unpaired) electrons. The van der Waals surface area contributed by atoms with Crippen molar-refractivity contribution in [1.82, 2.24) is 29.2 Å². The lowest BCUT2D eigenvalue weighted by Gasteiger charge is -2.32. The first kappa shape index (κ1) is 16.5. The number of imidazole rings is 1. The first-order valence-corrected chi connectivity index (χ1v) is 8.85. The van der Waals surface area contributed by atoms with Gasteiger partial charge in [0.25, 0.3) is 5.91 Å². The van der Waals surface area contributed by atoms with Crippen LogP contribution in [0.1, 0.15) is 40.7 Å². The summed E-state index contributed by atoms with van der Waals surface area (Å²) < 4.78 is 3.94. The number of nitrogens with zero attached hydrogens (tertiary/aromatic N) is 6. The lowest BCUT2D eigenvalue weighted by molar-refractivity contribution is 0.0670. The van der Waals surface area contributed by atoms with E-state index in [1.807, 2.05) is 18.0 Å². The summed E-state index contributed by atoms with van der Waals surface area (Å²) in [6.07, 6.45) is 5.03. The monoisotopic (exact) mass is 350 g/mol. The molecule has 1 aromatic carbocycles. The molecule has 1 amide bonds. The fourth-order valence-corrected chi connectivity index (χ4v) is 3.56. The van der Waals surface area contributed by atoms with Crippen LogP contribution in [0.15, 0.2) is 42.9 Å². The van der Waals surface area contributed by atoms with Crippen molar-refractivity contribution in [3.63, 3.8) is 0 Å². The molecule has 26 heavy (non-hydrogen) atoms. The van der Waals surface area contributed by atoms with E-state index in [-0.39, 0.29) is 11.9 Å². The molecule has 7 nitrogen and oxygen atoms in total. The van der Waals surface area contributed by atoms with E-state index in [1.54, 1.807) is 17.1 Å². The number of aryl methyl sites for hydroxylation is 3. The number of benzene rings is 1. The summed E-state index contributed by atoms with van der Waals surface area (Å²) in [5, 5.41) is 8.75. The van der Waals surface area contributed by atoms with E-state index < -0.39 is 0 Å². The molecule has 0 saturated heterocycles. The zero-order valence-corrected chi connectivity index (χ0v) is 15.0. The maximum atomic E-state index is 12.8. The summed E-state index contributed by atoms with van der Waals surface area (Å²) in [5.74, 6) is 1.82. The lowest BCUT2D eigenvalue weighted by Crippen LogP contribution is -2.41. The lowest BCUT2D eigenvalue weighted by atomic mass is 10.1. The van der Waals surface area contributed by atoms with Crippen LogP contribution in [0.2, 0.25) is 0 Å². The minimum absolute atomic E-state index is 0.0167. The van der Waals surface area contributed by atoms with Gasteiger partial charge in [-0.05, 0) is 18.9 Å². The van der Waals surface area contributed by atoms with E-state index in [9.17, 15) is 4.79 Å². The standard InChI is InChI=1S/C19H22N6O/c1-14-11-24(19(26)16-10-20-13-23(16)2)12-18-22-21-17(25(14)18)9-8-15-6-4-3-5-7-15/h3-7,10,13-14H,8-9,11-12H2,1-2H3/t14-/m0/s1. The van der Waals surface area contributed by atoms with Crippen molar-refractivity contribution in [1.29, 1.82) is 0 Å². The van der Waals surface area contributed by atoms with Gasteiger partial charge in [-0.1, -0.05) is 30.3 Å². The SMILES string of the molecule is C[C@H]1CN(C(=O)c2cncn2C)Cc2nnc(CCc3ccccc3)n21. The van der Waals surface area contributed by atoms with Gasteiger partial charge in [0, 0.05) is 20.0 Å². The fraction of sp³-hybridized carbons (Fsp3) is 0.368. The van der Waals surface area contributed by atoms with Crippen LogP contribution in [-0.2, 0) is 26.4 Å². The molecule has 2 aromatic heterocycles. The Labute approximate surface area is 152 Å². The molecule has 1 aliphatic heterocycles. The molecule has 0 unspecified atom stereocenters. The highest BCUT2D eigenvalue weighted by atomic mass is 16.2. The summed E-state index contributed by atoms with van der Waals surface area (Å²) in [6.45, 7) is 3.24. The quantitative estimate of drug-likeness (QED) is 0.722. The Morgan fingerprint density at radius 2 is 2.00 bits per heavy atom. The topological polar surface area (TPSA) is 68.8 Å². The average Bonchev–Trinajstić information content (AvgIpc) is 3.26. The third-order valence-corrected chi connectivity index (χ3v) is 4.90. The Hall–Kier alpha value is -2.96. The van der Waals surface area contributed by atoms with Gasteiger partial charge in [0.2, 0.25) is 0 Å². The average molecular weight is 350 g/mol. The number of aromatic nitrogens is 5. The van der Waals surface area contributed by atoms with E-state index in [2.05, 4.69) is 50.9 Å². The van der Waals surface area contributed by atoms with Gasteiger partial charge in [-0.3, -0.25) is 4.79 Å². The molecule has 1 atom stereocenters. The number of hydrogen-bond acceptors (Lipinski definition) is 4. The van der Waals surface area contributed by atoms with Crippen molar-refractivity contribution in [2.75, 3.05) is 6.54 Å². The molecule has 0 aliphatic carbocycles. The Balaban J connectivity index is 1.51. The molecule has 1 aliphatic rings. The molecule has 0 fully saturated rings. The molecule has 0 bridgehead atoms. The molecule has 7 heteroatoms. The number of hydrogen-bond donors (Lipinski definition) is 0. The number of carbonyl (C=O) groups excluding carboxylic acids is 1. The Morgan fingerprint density at radius 3 is 2.73 bits per heavy atom. The van der Waals surface area contributed by atoms with Crippen molar-refractivity contribution < 1.29 is 4.79 Å². The van der Waals surface area contributed by atoms with Crippen LogP contribution in [0, 0.1) is 0 Å². The van der Waals surface area contributed by atoms with Crippen LogP contribution < -0.4 is 0 Å². The Morgan fingerprint density at radius 1 is 1.19 bits per heavy atom. The van der Waals surface area contributed by atoms with Crippen molar-refractivity contribution >= 4 is 5.91 Å². The van der Waals surface area contributed by atoms with E-state index in [1.165, 1.54) is 5.56 Å². The molecule has 0 spiro atoms. The highest BCUT2D eigenvalue weighted by Crippen LogP contribution is 2.23. The highest BCUT2D eigenvalue weighted by Gasteiger charge is 2.30. The molecule has 134 valence electrons. The van der Waals surface area contributed by atoms with E-state index >= 15 is 0 Å². The number of fused-ring (bicyclic) bond motifs is 1. The molecule has 0 N–H and O–H groups in total. The van der Waals surface area contributed by atoms with Gasteiger partial charge < -0.3 is 14.0 Å². The second-order valence-electron chi connectivity index (χ2n) is 6.81. The van der Waals surface area contributed by atoms with Crippen LogP contribution in [0.4, 0.5) is 0 Å². The van der Waals surface area contributed by atoms with Gasteiger partial charge in [0.1, 0.15) is 11.5 Å². The Bertz CT molecular complexity index is 913. The number of rotatable bonds is 4. The van der Waals surface area contributed by atoms with E-state index in [4.69, 9.17) is 0 Å². The maximum Gasteiger partial charge on any atom is 0.272 e. The van der Waals surface area contributed by atoms with E-state index in [0.29, 0.717) is 18.8 Å². The zero-order chi connectivity index (χ0) is 18.1. The molecule has 3 heterocycles. The third kappa shape index (κ3) is 3.00. The van der Waals surface area contributed by atoms with Crippen molar-refractivity contribution in [2.45, 2.75) is 32.4 Å². The van der Waals surface area contributed by atoms with Gasteiger partial charge >= 0.3 is 0 Å². The number of amides is 1. The first-order chi connectivity index (χ1) is 12.6. The molecule has 0 saturated carbocycles. The van der Waals surface area contributed by atoms with Gasteiger partial charge in [0.05, 0.1) is 25.1 Å². The van der Waals surface area contributed by atoms with Crippen LogP contribution in [-0.4, -0.2) is 41.7 Å². The maximum absolute atomic E-state index is 12.8. The zero-order valence-electron chi connectivity index (χ0n) is 15.0. The third-order valence-electron chi connectivity index (χ3n) is 4.90. The summed E-state index contributed by atoms with van der Waals surface area (Å²) in [4.78, 5) is 18.6. The first-order valence-electron chi connectivity index (χ1n) is 8.85. The van der Waals surface area contributed by atoms with Gasteiger partial charge in [0.15, 0.2) is 5.82 Å². The minimum atomic E-state index is -0.0167. The molecular weight excluding hydrogens is 328 g/mol. The number of carbonyl (C=O) groups is 1. The molecule has 3 aromatic rings. The predicted octanol–water partition coefficient (Wildman–Crippen LogP) is 2.01. The van der Waals surface area contributed by atoms with Crippen molar-refractivity contribution in [3.05, 3.63) is 65.8 Å². The fourth-order valence-electron chi connectivity index (χ4n) is 3.56. The summed E-state index contributed by atoms with van der Waals surface area (Å²) >= 11 is 0. The van der Waals surface area contributed by atoms with Gasteiger partial charge in [-0.15, -0.1) is 10.2 Å². The molecule has 4 rings (SSSR count). The summed E-state index contributed by atoms with van der Waals surface area (Å²) in [5.41, 5.74) is 1.88. The van der Waals surface area contributed by atoms with Crippen LogP contribution in [0.3, 0.4) is 0 Å². The van der Waals surface area contributed by atoms with Crippen molar-refractivity contribution in [2.24, 2.45) is 7.05 Å². The van der Waals surface area contributed by atoms with Crippen LogP contribution in [0.25, 0.3) is 0 Å². The second-order valence-corrected chi connectivity index (χ2v) is 6.81. The van der Waals surface area contributed by atoms with Crippen LogP contribution in [0.5, 0.6) is 0 Å².